The van der Waals surface area contributed by atoms with Crippen molar-refractivity contribution >= 4 is 5.97 Å². The number of aliphatic hydroxyl groups is 4. The summed E-state index contributed by atoms with van der Waals surface area (Å²) in [5.41, 5.74) is 6.33. The van der Waals surface area contributed by atoms with Crippen LogP contribution in [0.4, 0.5) is 0 Å². The van der Waals surface area contributed by atoms with E-state index in [0.717, 1.165) is 19.3 Å². The van der Waals surface area contributed by atoms with E-state index < -0.39 is 66.4 Å². The Morgan fingerprint density at radius 2 is 1.75 bits per heavy atom. The molecule has 0 unspecified atom stereocenters. The molecule has 1 aliphatic heterocycles. The minimum absolute atomic E-state index is 0.0784. The van der Waals surface area contributed by atoms with Crippen molar-refractivity contribution in [2.24, 2.45) is 39.7 Å². The number of hydrogen-bond acceptors (Lipinski definition) is 9. The second kappa shape index (κ2) is 11.2. The smallest absolute Gasteiger partial charge is 0.323 e. The van der Waals surface area contributed by atoms with Crippen molar-refractivity contribution in [1.82, 2.24) is 0 Å². The maximum atomic E-state index is 11.7. The van der Waals surface area contributed by atoms with Crippen molar-refractivity contribution in [2.45, 2.75) is 129 Å². The highest BCUT2D eigenvalue weighted by Gasteiger charge is 2.65. The van der Waals surface area contributed by atoms with Gasteiger partial charge in [0.05, 0.1) is 24.4 Å². The summed E-state index contributed by atoms with van der Waals surface area (Å²) in [4.78, 5) is 11.7. The monoisotopic (exact) mass is 569 g/mol. The number of ether oxygens (including phenoxy) is 3. The Morgan fingerprint density at radius 1 is 1.10 bits per heavy atom. The van der Waals surface area contributed by atoms with E-state index in [1.165, 1.54) is 12.7 Å². The molecular weight excluding hydrogens is 518 g/mol. The number of methoxy groups -OCH3 is 1. The maximum absolute atomic E-state index is 11.7. The zero-order chi connectivity index (χ0) is 29.9. The van der Waals surface area contributed by atoms with Gasteiger partial charge in [-0.3, -0.25) is 4.79 Å². The van der Waals surface area contributed by atoms with E-state index in [4.69, 9.17) is 19.9 Å². The molecule has 2 saturated carbocycles. The summed E-state index contributed by atoms with van der Waals surface area (Å²) in [6.07, 6.45) is -2.13. The number of rotatable bonds is 7. The molecule has 3 fully saturated rings. The maximum Gasteiger partial charge on any atom is 0.323 e. The first-order chi connectivity index (χ1) is 18.5. The lowest BCUT2D eigenvalue weighted by atomic mass is 9.39. The standard InChI is InChI=1S/C30H51NO9/c1-14-8-9-20-29(5,16(14)12-17(38-7)21(31)26(36)37)11-10-19-28(3,4)25(35)18(13-30(19,20)6)40-27-24(34)23(33)22(32)15(2)39-27/h8,15-25,27,32-35H,9-13,31H2,1-7H3,(H,36,37)/t15-,16-,17-,18-,19+,20-,21-,22-,23+,24+,25+,27-,29-,30+/m0/s1. The van der Waals surface area contributed by atoms with E-state index in [1.54, 1.807) is 6.92 Å². The summed E-state index contributed by atoms with van der Waals surface area (Å²) in [6, 6.07) is -1.12. The van der Waals surface area contributed by atoms with Crippen LogP contribution in [0.3, 0.4) is 0 Å². The number of carboxylic acid groups (broad SMARTS) is 1. The van der Waals surface area contributed by atoms with Crippen LogP contribution in [0.1, 0.15) is 73.6 Å². The van der Waals surface area contributed by atoms with Crippen molar-refractivity contribution in [1.29, 1.82) is 0 Å². The minimum Gasteiger partial charge on any atom is -0.480 e. The summed E-state index contributed by atoms with van der Waals surface area (Å²) in [5, 5.41) is 52.3. The van der Waals surface area contributed by atoms with Gasteiger partial charge in [-0.2, -0.15) is 0 Å². The molecule has 14 atom stereocenters. The molecule has 0 spiro atoms. The third-order valence-electron chi connectivity index (χ3n) is 11.6. The highest BCUT2D eigenvalue weighted by molar-refractivity contribution is 5.73. The number of nitrogens with two attached hydrogens (primary N) is 1. The summed E-state index contributed by atoms with van der Waals surface area (Å²) < 4.78 is 17.6. The number of aliphatic carboxylic acids is 1. The van der Waals surface area contributed by atoms with Crippen LogP contribution in [-0.4, -0.2) is 93.7 Å². The van der Waals surface area contributed by atoms with Gasteiger partial charge in [-0.15, -0.1) is 0 Å². The largest absolute Gasteiger partial charge is 0.480 e. The van der Waals surface area contributed by atoms with Gasteiger partial charge in [-0.1, -0.05) is 39.3 Å². The van der Waals surface area contributed by atoms with Gasteiger partial charge in [0.15, 0.2) is 6.29 Å². The molecule has 0 aromatic heterocycles. The van der Waals surface area contributed by atoms with Gasteiger partial charge in [-0.25, -0.2) is 0 Å². The number of carbonyl (C=O) groups is 1. The molecule has 0 amide bonds. The third-order valence-corrected chi connectivity index (χ3v) is 11.6. The molecule has 0 bridgehead atoms. The topological polar surface area (TPSA) is 172 Å². The fourth-order valence-electron chi connectivity index (χ4n) is 9.27. The Labute approximate surface area is 237 Å². The van der Waals surface area contributed by atoms with Crippen molar-refractivity contribution in [3.8, 4) is 0 Å². The molecule has 10 nitrogen and oxygen atoms in total. The van der Waals surface area contributed by atoms with Gasteiger partial charge >= 0.3 is 5.97 Å². The molecule has 10 heteroatoms. The normalized spacial score (nSPS) is 48.4. The Balaban J connectivity index is 1.65. The molecular formula is C30H51NO9. The van der Waals surface area contributed by atoms with Crippen LogP contribution >= 0.6 is 0 Å². The third kappa shape index (κ3) is 5.06. The summed E-state index contributed by atoms with van der Waals surface area (Å²) >= 11 is 0. The van der Waals surface area contributed by atoms with Crippen LogP contribution in [0, 0.1) is 34.0 Å². The Morgan fingerprint density at radius 3 is 2.35 bits per heavy atom. The van der Waals surface area contributed by atoms with Crippen molar-refractivity contribution in [3.63, 3.8) is 0 Å². The molecule has 3 aliphatic carbocycles. The molecule has 230 valence electrons. The first kappa shape index (κ1) is 31.8. The number of aliphatic hydroxyl groups excluding tert-OH is 4. The Bertz CT molecular complexity index is 973. The van der Waals surface area contributed by atoms with Gasteiger partial charge in [0.25, 0.3) is 0 Å². The van der Waals surface area contributed by atoms with E-state index in [1.807, 2.05) is 0 Å². The summed E-state index contributed by atoms with van der Waals surface area (Å²) in [6.45, 7) is 12.5. The van der Waals surface area contributed by atoms with Crippen LogP contribution in [0.2, 0.25) is 0 Å². The van der Waals surface area contributed by atoms with Gasteiger partial charge in [-0.05, 0) is 80.0 Å². The summed E-state index contributed by atoms with van der Waals surface area (Å²) in [5.74, 6) is -0.589. The molecule has 1 saturated heterocycles. The van der Waals surface area contributed by atoms with Gasteiger partial charge in [0, 0.05) is 7.11 Å². The van der Waals surface area contributed by atoms with Crippen LogP contribution in [0.15, 0.2) is 11.6 Å². The predicted molar refractivity (Wildman–Crippen MR) is 147 cm³/mol. The Kier molecular flexibility index (Phi) is 8.90. The van der Waals surface area contributed by atoms with Crippen LogP contribution in [-0.2, 0) is 19.0 Å². The first-order valence-corrected chi connectivity index (χ1v) is 14.7. The molecule has 1 heterocycles. The van der Waals surface area contributed by atoms with Crippen molar-refractivity contribution in [2.75, 3.05) is 7.11 Å². The van der Waals surface area contributed by atoms with E-state index in [-0.39, 0.29) is 28.6 Å². The molecule has 0 aromatic rings. The number of allylic oxidation sites excluding steroid dienone is 2. The lowest BCUT2D eigenvalue weighted by Crippen LogP contribution is -2.66. The average Bonchev–Trinajstić information content (AvgIpc) is 2.88. The predicted octanol–water partition coefficient (Wildman–Crippen LogP) is 1.81. The Hall–Kier alpha value is -1.11. The average molecular weight is 570 g/mol. The lowest BCUT2D eigenvalue weighted by molar-refractivity contribution is -0.329. The highest BCUT2D eigenvalue weighted by atomic mass is 16.7. The molecule has 40 heavy (non-hydrogen) atoms. The van der Waals surface area contributed by atoms with E-state index in [0.29, 0.717) is 12.8 Å². The second-order valence-corrected chi connectivity index (χ2v) is 14.1. The van der Waals surface area contributed by atoms with Crippen molar-refractivity contribution < 1.29 is 44.5 Å². The molecule has 0 aromatic carbocycles. The number of carboxylic acids is 1. The van der Waals surface area contributed by atoms with Gasteiger partial charge < -0.3 is 45.5 Å². The fraction of sp³-hybridized carbons (Fsp3) is 0.900. The minimum atomic E-state index is -1.45. The molecule has 4 rings (SSSR count). The van der Waals surface area contributed by atoms with Gasteiger partial charge in [0.1, 0.15) is 24.4 Å². The van der Waals surface area contributed by atoms with E-state index in [9.17, 15) is 30.3 Å². The quantitative estimate of drug-likeness (QED) is 0.196. The van der Waals surface area contributed by atoms with E-state index >= 15 is 0 Å². The molecule has 7 N–H and O–H groups in total. The lowest BCUT2D eigenvalue weighted by Gasteiger charge is -2.67. The van der Waals surface area contributed by atoms with Crippen molar-refractivity contribution in [3.05, 3.63) is 11.6 Å². The molecule has 0 radical (unpaired) electrons. The highest BCUT2D eigenvalue weighted by Crippen LogP contribution is 2.69. The van der Waals surface area contributed by atoms with Crippen LogP contribution in [0.25, 0.3) is 0 Å². The second-order valence-electron chi connectivity index (χ2n) is 14.1. The van der Waals surface area contributed by atoms with E-state index in [2.05, 4.69) is 40.7 Å². The summed E-state index contributed by atoms with van der Waals surface area (Å²) in [7, 11) is 1.51. The number of fused-ring (bicyclic) bond motifs is 3. The molecule has 4 aliphatic rings. The number of hydrogen-bond donors (Lipinski definition) is 6. The zero-order valence-electron chi connectivity index (χ0n) is 25.0. The van der Waals surface area contributed by atoms with Crippen LogP contribution < -0.4 is 5.73 Å². The fourth-order valence-corrected chi connectivity index (χ4v) is 9.27. The SMILES string of the molecule is CO[C@@H](C[C@H]1C(C)=CC[C@@H]2[C@]3(C)C[C@H](O[C@@H]4O[C@@H](C)[C@H](O)[C@@H](O)[C@H]4O)[C@@H](O)C(C)(C)[C@H]3CC[C@]21C)[C@H](N)C(=O)O. The van der Waals surface area contributed by atoms with Crippen LogP contribution in [0.5, 0.6) is 0 Å². The van der Waals surface area contributed by atoms with Gasteiger partial charge in [0.2, 0.25) is 0 Å². The zero-order valence-corrected chi connectivity index (χ0v) is 25.0. The first-order valence-electron chi connectivity index (χ1n) is 14.7.